The van der Waals surface area contributed by atoms with Crippen LogP contribution in [0.3, 0.4) is 0 Å². The maximum atomic E-state index is 12.6. The number of para-hydroxylation sites is 2. The average Bonchev–Trinajstić information content (AvgIpc) is 2.78. The molecule has 1 atom stereocenters. The molecule has 1 heterocycles. The Morgan fingerprint density at radius 2 is 1.83 bits per heavy atom. The predicted molar refractivity (Wildman–Crippen MR) is 90.4 cm³/mol. The smallest absolute Gasteiger partial charge is 0.329 e. The molecule has 0 fully saturated rings. The van der Waals surface area contributed by atoms with Crippen LogP contribution in [0, 0.1) is 0 Å². The summed E-state index contributed by atoms with van der Waals surface area (Å²) < 4.78 is 3.43. The van der Waals surface area contributed by atoms with Crippen LogP contribution in [0.25, 0.3) is 11.0 Å². The van der Waals surface area contributed by atoms with Gasteiger partial charge >= 0.3 is 5.69 Å². The van der Waals surface area contributed by atoms with E-state index in [-0.39, 0.29) is 18.0 Å². The van der Waals surface area contributed by atoms with Gasteiger partial charge in [-0.15, -0.1) is 0 Å². The molecule has 6 nitrogen and oxygen atoms in total. The van der Waals surface area contributed by atoms with Crippen molar-refractivity contribution < 1.29 is 9.90 Å². The van der Waals surface area contributed by atoms with Crippen molar-refractivity contribution in [2.75, 3.05) is 6.54 Å². The van der Waals surface area contributed by atoms with Crippen molar-refractivity contribution in [1.29, 1.82) is 0 Å². The lowest BCUT2D eigenvalue weighted by Gasteiger charge is -2.07. The van der Waals surface area contributed by atoms with Crippen LogP contribution in [0.2, 0.25) is 0 Å². The molecule has 1 aromatic carbocycles. The zero-order valence-corrected chi connectivity index (χ0v) is 13.8. The van der Waals surface area contributed by atoms with Gasteiger partial charge in [-0.2, -0.15) is 0 Å². The van der Waals surface area contributed by atoms with Crippen molar-refractivity contribution in [3.05, 3.63) is 34.7 Å². The van der Waals surface area contributed by atoms with Crippen LogP contribution in [0.1, 0.15) is 33.1 Å². The van der Waals surface area contributed by atoms with Crippen LogP contribution in [-0.4, -0.2) is 32.8 Å². The molecule has 0 aliphatic heterocycles. The number of fused-ring (bicyclic) bond motifs is 1. The van der Waals surface area contributed by atoms with Crippen LogP contribution in [-0.2, 0) is 17.9 Å². The SMILES string of the molecule is CCCn1c(=O)n(CCC(=O)NCCC(C)O)c2ccccc21. The molecule has 0 bridgehead atoms. The molecule has 1 aromatic heterocycles. The fourth-order valence-electron chi connectivity index (χ4n) is 2.65. The molecule has 0 aliphatic rings. The summed E-state index contributed by atoms with van der Waals surface area (Å²) in [5, 5.41) is 11.9. The van der Waals surface area contributed by atoms with E-state index < -0.39 is 6.10 Å². The standard InChI is InChI=1S/C17H25N3O3/c1-3-11-19-14-6-4-5-7-15(14)20(17(19)23)12-9-16(22)18-10-8-13(2)21/h4-7,13,21H,3,8-12H2,1-2H3,(H,18,22). The maximum Gasteiger partial charge on any atom is 0.329 e. The zero-order chi connectivity index (χ0) is 16.8. The van der Waals surface area contributed by atoms with Gasteiger partial charge in [-0.3, -0.25) is 13.9 Å². The second kappa shape index (κ2) is 7.97. The van der Waals surface area contributed by atoms with Crippen LogP contribution >= 0.6 is 0 Å². The molecule has 0 saturated heterocycles. The van der Waals surface area contributed by atoms with Gasteiger partial charge in [0.2, 0.25) is 5.91 Å². The first-order chi connectivity index (χ1) is 11.0. The molecule has 2 N–H and O–H groups in total. The minimum atomic E-state index is -0.426. The minimum absolute atomic E-state index is 0.0650. The number of amides is 1. The molecule has 23 heavy (non-hydrogen) atoms. The summed E-state index contributed by atoms with van der Waals surface area (Å²) in [6.07, 6.45) is 1.24. The van der Waals surface area contributed by atoms with Gasteiger partial charge in [-0.05, 0) is 31.9 Å². The lowest BCUT2D eigenvalue weighted by molar-refractivity contribution is -0.121. The first kappa shape index (κ1) is 17.3. The first-order valence-electron chi connectivity index (χ1n) is 8.17. The van der Waals surface area contributed by atoms with Gasteiger partial charge in [-0.25, -0.2) is 4.79 Å². The van der Waals surface area contributed by atoms with E-state index in [2.05, 4.69) is 5.32 Å². The quantitative estimate of drug-likeness (QED) is 0.774. The van der Waals surface area contributed by atoms with E-state index in [0.29, 0.717) is 26.1 Å². The number of rotatable bonds is 8. The first-order valence-corrected chi connectivity index (χ1v) is 8.17. The number of aromatic nitrogens is 2. The Morgan fingerprint density at radius 3 is 2.39 bits per heavy atom. The summed E-state index contributed by atoms with van der Waals surface area (Å²) in [5.74, 6) is -0.107. The molecule has 0 saturated carbocycles. The van der Waals surface area contributed by atoms with Crippen molar-refractivity contribution in [3.63, 3.8) is 0 Å². The van der Waals surface area contributed by atoms with Crippen molar-refractivity contribution in [3.8, 4) is 0 Å². The zero-order valence-electron chi connectivity index (χ0n) is 13.8. The van der Waals surface area contributed by atoms with E-state index in [1.54, 1.807) is 16.1 Å². The normalized spacial score (nSPS) is 12.5. The average molecular weight is 319 g/mol. The van der Waals surface area contributed by atoms with Gasteiger partial charge in [-0.1, -0.05) is 19.1 Å². The van der Waals surface area contributed by atoms with E-state index in [1.807, 2.05) is 31.2 Å². The van der Waals surface area contributed by atoms with Crippen molar-refractivity contribution in [1.82, 2.24) is 14.5 Å². The summed E-state index contributed by atoms with van der Waals surface area (Å²) >= 11 is 0. The number of nitrogens with zero attached hydrogens (tertiary/aromatic N) is 2. The summed E-state index contributed by atoms with van der Waals surface area (Å²) in [4.78, 5) is 24.4. The summed E-state index contributed by atoms with van der Waals surface area (Å²) in [5.41, 5.74) is 1.71. The van der Waals surface area contributed by atoms with Crippen LogP contribution in [0.15, 0.2) is 29.1 Å². The number of hydrogen-bond donors (Lipinski definition) is 2. The van der Waals surface area contributed by atoms with Crippen molar-refractivity contribution in [2.24, 2.45) is 0 Å². The summed E-state index contributed by atoms with van der Waals surface area (Å²) in [6, 6.07) is 7.66. The second-order valence-corrected chi connectivity index (χ2v) is 5.81. The van der Waals surface area contributed by atoms with Crippen LogP contribution < -0.4 is 11.0 Å². The number of benzene rings is 1. The van der Waals surface area contributed by atoms with Gasteiger partial charge < -0.3 is 10.4 Å². The Morgan fingerprint density at radius 1 is 1.22 bits per heavy atom. The minimum Gasteiger partial charge on any atom is -0.393 e. The molecule has 1 unspecified atom stereocenters. The Kier molecular flexibility index (Phi) is 5.98. The van der Waals surface area contributed by atoms with E-state index in [0.717, 1.165) is 17.5 Å². The molecule has 0 radical (unpaired) electrons. The number of imidazole rings is 1. The molecular weight excluding hydrogens is 294 g/mol. The number of aliphatic hydroxyl groups excluding tert-OH is 1. The third-order valence-electron chi connectivity index (χ3n) is 3.82. The molecule has 6 heteroatoms. The molecule has 0 spiro atoms. The number of aryl methyl sites for hydroxylation is 2. The third kappa shape index (κ3) is 4.22. The van der Waals surface area contributed by atoms with E-state index in [9.17, 15) is 14.7 Å². The lowest BCUT2D eigenvalue weighted by Crippen LogP contribution is -2.30. The lowest BCUT2D eigenvalue weighted by atomic mass is 10.3. The molecule has 1 amide bonds. The fraction of sp³-hybridized carbons (Fsp3) is 0.529. The molecule has 2 rings (SSSR count). The highest BCUT2D eigenvalue weighted by Gasteiger charge is 2.13. The predicted octanol–water partition coefficient (Wildman–Crippen LogP) is 1.49. The number of nitrogens with one attached hydrogen (secondary N) is 1. The Balaban J connectivity index is 2.10. The van der Waals surface area contributed by atoms with E-state index >= 15 is 0 Å². The number of hydrogen-bond acceptors (Lipinski definition) is 3. The highest BCUT2D eigenvalue weighted by atomic mass is 16.3. The van der Waals surface area contributed by atoms with Gasteiger partial charge in [0.1, 0.15) is 0 Å². The summed E-state index contributed by atoms with van der Waals surface area (Å²) in [6.45, 7) is 5.20. The number of carbonyl (C=O) groups is 1. The van der Waals surface area contributed by atoms with Gasteiger partial charge in [0.25, 0.3) is 0 Å². The number of carbonyl (C=O) groups excluding carboxylic acids is 1. The van der Waals surface area contributed by atoms with Crippen LogP contribution in [0.4, 0.5) is 0 Å². The van der Waals surface area contributed by atoms with E-state index in [4.69, 9.17) is 0 Å². The Hall–Kier alpha value is -2.08. The van der Waals surface area contributed by atoms with Gasteiger partial charge in [0.05, 0.1) is 17.1 Å². The van der Waals surface area contributed by atoms with Gasteiger partial charge in [0.15, 0.2) is 0 Å². The van der Waals surface area contributed by atoms with Crippen molar-refractivity contribution >= 4 is 16.9 Å². The van der Waals surface area contributed by atoms with E-state index in [1.165, 1.54) is 0 Å². The summed E-state index contributed by atoms with van der Waals surface area (Å²) in [7, 11) is 0. The third-order valence-corrected chi connectivity index (χ3v) is 3.82. The Bertz CT molecular complexity index is 715. The monoisotopic (exact) mass is 319 g/mol. The second-order valence-electron chi connectivity index (χ2n) is 5.81. The van der Waals surface area contributed by atoms with Crippen molar-refractivity contribution in [2.45, 2.75) is 52.3 Å². The molecule has 126 valence electrons. The van der Waals surface area contributed by atoms with Crippen LogP contribution in [0.5, 0.6) is 0 Å². The highest BCUT2D eigenvalue weighted by molar-refractivity contribution is 5.77. The number of aliphatic hydroxyl groups is 1. The largest absolute Gasteiger partial charge is 0.393 e. The maximum absolute atomic E-state index is 12.6. The van der Waals surface area contributed by atoms with Gasteiger partial charge in [0, 0.05) is 26.1 Å². The fourth-order valence-corrected chi connectivity index (χ4v) is 2.65. The highest BCUT2D eigenvalue weighted by Crippen LogP contribution is 2.13. The topological polar surface area (TPSA) is 76.3 Å². The molecular formula is C17H25N3O3. The Labute approximate surface area is 135 Å². The molecule has 2 aromatic rings. The molecule has 0 aliphatic carbocycles.